The molecule has 0 heterocycles. The van der Waals surface area contributed by atoms with Gasteiger partial charge in [0.2, 0.25) is 5.75 Å². The quantitative estimate of drug-likeness (QED) is 0.278. The van der Waals surface area contributed by atoms with E-state index in [4.69, 9.17) is 5.84 Å². The summed E-state index contributed by atoms with van der Waals surface area (Å²) in [5, 5.41) is 32.2. The van der Waals surface area contributed by atoms with Crippen LogP contribution in [0.25, 0.3) is 0 Å². The number of hydrogen-bond acceptors (Lipinski definition) is 5. The van der Waals surface area contributed by atoms with Gasteiger partial charge in [0.25, 0.3) is 0 Å². The largest absolute Gasteiger partial charge is 0.504 e. The molecule has 0 atom stereocenters. The van der Waals surface area contributed by atoms with Gasteiger partial charge in [0.05, 0.1) is 0 Å². The van der Waals surface area contributed by atoms with Crippen LogP contribution in [0.3, 0.4) is 0 Å². The first-order chi connectivity index (χ1) is 8.65. The molecule has 0 saturated heterocycles. The van der Waals surface area contributed by atoms with Gasteiger partial charge in [-0.15, -0.1) is 0 Å². The van der Waals surface area contributed by atoms with Crippen LogP contribution >= 0.6 is 0 Å². The van der Waals surface area contributed by atoms with Gasteiger partial charge >= 0.3 is 0 Å². The molecule has 0 amide bonds. The second-order valence-corrected chi connectivity index (χ2v) is 3.67. The van der Waals surface area contributed by atoms with E-state index < -0.39 is 17.2 Å². The molecule has 0 aromatic heterocycles. The Balaban J connectivity index is 2.58. The average Bonchev–Trinajstić information content (AvgIpc) is 2.41. The van der Waals surface area contributed by atoms with Gasteiger partial charge in [0.15, 0.2) is 11.5 Å². The van der Waals surface area contributed by atoms with Crippen molar-refractivity contribution in [3.8, 4) is 17.2 Å². The van der Waals surface area contributed by atoms with E-state index >= 15 is 0 Å². The summed E-state index contributed by atoms with van der Waals surface area (Å²) < 4.78 is 0. The molecular formula is C13H12N2O3. The molecule has 0 fully saturated rings. The molecule has 0 radical (unpaired) electrons. The Kier molecular flexibility index (Phi) is 3.05. The highest BCUT2D eigenvalue weighted by atomic mass is 16.3. The molecule has 18 heavy (non-hydrogen) atoms. The monoisotopic (exact) mass is 244 g/mol. The van der Waals surface area contributed by atoms with Crippen LogP contribution in [-0.2, 0) is 0 Å². The Bertz CT molecular complexity index is 595. The maximum absolute atomic E-state index is 9.79. The van der Waals surface area contributed by atoms with Crippen LogP contribution in [0.2, 0.25) is 0 Å². The topological polar surface area (TPSA) is 99.1 Å². The lowest BCUT2D eigenvalue weighted by atomic mass is 10.0. The van der Waals surface area contributed by atoms with Crippen LogP contribution in [0.1, 0.15) is 11.1 Å². The van der Waals surface area contributed by atoms with Crippen molar-refractivity contribution in [1.82, 2.24) is 0 Å². The zero-order valence-corrected chi connectivity index (χ0v) is 9.41. The minimum Gasteiger partial charge on any atom is -0.504 e. The van der Waals surface area contributed by atoms with Crippen molar-refractivity contribution in [3.05, 3.63) is 53.6 Å². The zero-order valence-electron chi connectivity index (χ0n) is 9.41. The molecule has 5 heteroatoms. The zero-order chi connectivity index (χ0) is 13.1. The van der Waals surface area contributed by atoms with Crippen molar-refractivity contribution >= 4 is 5.71 Å². The molecule has 0 saturated carbocycles. The molecular weight excluding hydrogens is 232 g/mol. The highest BCUT2D eigenvalue weighted by molar-refractivity contribution is 6.14. The summed E-state index contributed by atoms with van der Waals surface area (Å²) in [4.78, 5) is 0. The fraction of sp³-hybridized carbons (Fsp3) is 0. The van der Waals surface area contributed by atoms with Crippen molar-refractivity contribution < 1.29 is 15.3 Å². The second-order valence-electron chi connectivity index (χ2n) is 3.67. The van der Waals surface area contributed by atoms with E-state index in [1.807, 2.05) is 6.07 Å². The number of nitrogens with zero attached hydrogens (tertiary/aromatic N) is 1. The second kappa shape index (κ2) is 4.67. The van der Waals surface area contributed by atoms with Crippen LogP contribution in [0, 0.1) is 0 Å². The molecule has 2 rings (SSSR count). The van der Waals surface area contributed by atoms with E-state index in [0.29, 0.717) is 11.3 Å². The van der Waals surface area contributed by atoms with Crippen molar-refractivity contribution in [2.75, 3.05) is 0 Å². The SMILES string of the molecule is NN=C(c1ccccc1)c1ccc(O)c(O)c1O. The summed E-state index contributed by atoms with van der Waals surface area (Å²) in [6.45, 7) is 0. The number of aromatic hydroxyl groups is 3. The van der Waals surface area contributed by atoms with Crippen LogP contribution in [-0.4, -0.2) is 21.0 Å². The minimum atomic E-state index is -0.593. The number of rotatable bonds is 2. The highest BCUT2D eigenvalue weighted by Crippen LogP contribution is 2.37. The molecule has 5 nitrogen and oxygen atoms in total. The van der Waals surface area contributed by atoms with Gasteiger partial charge in [-0.25, -0.2) is 0 Å². The van der Waals surface area contributed by atoms with Gasteiger partial charge in [-0.1, -0.05) is 30.3 Å². The van der Waals surface area contributed by atoms with Crippen molar-refractivity contribution in [2.24, 2.45) is 10.9 Å². The Morgan fingerprint density at radius 2 is 1.56 bits per heavy atom. The predicted octanol–water partition coefficient (Wildman–Crippen LogP) is 1.51. The number of benzene rings is 2. The molecule has 2 aromatic rings. The standard InChI is InChI=1S/C13H12N2O3/c14-15-11(8-4-2-1-3-5-8)9-6-7-10(16)13(18)12(9)17/h1-7,16-18H,14H2. The third-order valence-electron chi connectivity index (χ3n) is 2.56. The Morgan fingerprint density at radius 3 is 2.17 bits per heavy atom. The van der Waals surface area contributed by atoms with E-state index in [9.17, 15) is 15.3 Å². The van der Waals surface area contributed by atoms with Crippen molar-refractivity contribution in [2.45, 2.75) is 0 Å². The number of nitrogens with two attached hydrogens (primary N) is 1. The summed E-state index contributed by atoms with van der Waals surface area (Å²) in [6.07, 6.45) is 0. The van der Waals surface area contributed by atoms with Gasteiger partial charge in [0, 0.05) is 11.1 Å². The Morgan fingerprint density at radius 1 is 0.889 bits per heavy atom. The minimum absolute atomic E-state index is 0.249. The maximum Gasteiger partial charge on any atom is 0.200 e. The number of hydrogen-bond donors (Lipinski definition) is 4. The van der Waals surface area contributed by atoms with Gasteiger partial charge in [0.1, 0.15) is 5.71 Å². The molecule has 0 aliphatic heterocycles. The predicted molar refractivity (Wildman–Crippen MR) is 67.7 cm³/mol. The van der Waals surface area contributed by atoms with E-state index in [2.05, 4.69) is 5.10 Å². The normalized spacial score (nSPS) is 11.4. The lowest BCUT2D eigenvalue weighted by molar-refractivity contribution is 0.367. The third-order valence-corrected chi connectivity index (χ3v) is 2.56. The van der Waals surface area contributed by atoms with E-state index in [1.54, 1.807) is 24.3 Å². The van der Waals surface area contributed by atoms with Crippen molar-refractivity contribution in [3.63, 3.8) is 0 Å². The van der Waals surface area contributed by atoms with Crippen LogP contribution in [0.15, 0.2) is 47.6 Å². The fourth-order valence-corrected chi connectivity index (χ4v) is 1.66. The molecule has 0 spiro atoms. The molecule has 92 valence electrons. The summed E-state index contributed by atoms with van der Waals surface area (Å²) in [5.41, 5.74) is 1.27. The van der Waals surface area contributed by atoms with Crippen LogP contribution in [0.4, 0.5) is 0 Å². The van der Waals surface area contributed by atoms with Gasteiger partial charge in [-0.2, -0.15) is 5.10 Å². The summed E-state index contributed by atoms with van der Waals surface area (Å²) in [6, 6.07) is 11.7. The summed E-state index contributed by atoms with van der Waals surface area (Å²) >= 11 is 0. The smallest absolute Gasteiger partial charge is 0.200 e. The molecule has 2 aromatic carbocycles. The Hall–Kier alpha value is -2.69. The lowest BCUT2D eigenvalue weighted by Crippen LogP contribution is -2.06. The first-order valence-corrected chi connectivity index (χ1v) is 5.22. The van der Waals surface area contributed by atoms with Gasteiger partial charge < -0.3 is 21.2 Å². The maximum atomic E-state index is 9.79. The molecule has 0 aliphatic rings. The van der Waals surface area contributed by atoms with Crippen molar-refractivity contribution in [1.29, 1.82) is 0 Å². The first-order valence-electron chi connectivity index (χ1n) is 5.22. The average molecular weight is 244 g/mol. The van der Waals surface area contributed by atoms with Gasteiger partial charge in [-0.3, -0.25) is 0 Å². The van der Waals surface area contributed by atoms with E-state index in [0.717, 1.165) is 0 Å². The summed E-state index contributed by atoms with van der Waals surface area (Å²) in [7, 11) is 0. The molecule has 0 aliphatic carbocycles. The molecule has 0 bridgehead atoms. The third kappa shape index (κ3) is 1.93. The lowest BCUT2D eigenvalue weighted by Gasteiger charge is -2.09. The highest BCUT2D eigenvalue weighted by Gasteiger charge is 2.16. The first kappa shape index (κ1) is 11.8. The summed E-state index contributed by atoms with van der Waals surface area (Å²) in [5.74, 6) is 3.88. The number of phenolic OH excluding ortho intramolecular Hbond substituents is 3. The molecule has 5 N–H and O–H groups in total. The van der Waals surface area contributed by atoms with E-state index in [-0.39, 0.29) is 5.56 Å². The number of phenols is 3. The van der Waals surface area contributed by atoms with Crippen LogP contribution < -0.4 is 5.84 Å². The number of hydrazone groups is 1. The van der Waals surface area contributed by atoms with Crippen LogP contribution in [0.5, 0.6) is 17.2 Å². The Labute approximate surface area is 103 Å². The molecule has 0 unspecified atom stereocenters. The van der Waals surface area contributed by atoms with E-state index in [1.165, 1.54) is 12.1 Å². The van der Waals surface area contributed by atoms with Gasteiger partial charge in [-0.05, 0) is 12.1 Å². The fourth-order valence-electron chi connectivity index (χ4n) is 1.66.